The van der Waals surface area contributed by atoms with Gasteiger partial charge in [0.1, 0.15) is 11.4 Å². The second-order valence-electron chi connectivity index (χ2n) is 7.31. The number of nitro groups is 1. The van der Waals surface area contributed by atoms with Crippen molar-refractivity contribution in [2.75, 3.05) is 11.9 Å². The van der Waals surface area contributed by atoms with Gasteiger partial charge in [-0.1, -0.05) is 12.1 Å². The summed E-state index contributed by atoms with van der Waals surface area (Å²) < 4.78 is 7.13. The fourth-order valence-corrected chi connectivity index (χ4v) is 3.05. The average Bonchev–Trinajstić information content (AvgIpc) is 3.17. The van der Waals surface area contributed by atoms with Crippen LogP contribution in [-0.2, 0) is 7.05 Å². The van der Waals surface area contributed by atoms with E-state index in [0.717, 1.165) is 0 Å². The van der Waals surface area contributed by atoms with E-state index in [-0.39, 0.29) is 35.4 Å². The van der Waals surface area contributed by atoms with E-state index < -0.39 is 16.8 Å². The van der Waals surface area contributed by atoms with Crippen LogP contribution >= 0.6 is 0 Å². The highest BCUT2D eigenvalue weighted by atomic mass is 16.6. The third-order valence-electron chi connectivity index (χ3n) is 4.60. The summed E-state index contributed by atoms with van der Waals surface area (Å²) in [6.45, 7) is 3.90. The fraction of sp³-hybridized carbons (Fsp3) is 0.273. The molecule has 0 radical (unpaired) electrons. The number of carbonyl (C=O) groups is 1. The number of hydrogen-bond acceptors (Lipinski definition) is 7. The van der Waals surface area contributed by atoms with Crippen molar-refractivity contribution in [2.45, 2.75) is 26.1 Å². The maximum absolute atomic E-state index is 12.6. The normalized spacial score (nSPS) is 11.9. The number of anilines is 1. The predicted octanol–water partition coefficient (Wildman–Crippen LogP) is 3.49. The Morgan fingerprint density at radius 3 is 2.55 bits per heavy atom. The number of aliphatic hydroxyl groups is 1. The molecule has 0 saturated carbocycles. The maximum Gasteiger partial charge on any atom is 0.293 e. The first-order valence-corrected chi connectivity index (χ1v) is 9.75. The van der Waals surface area contributed by atoms with Gasteiger partial charge in [0.05, 0.1) is 17.1 Å². The standard InChI is InChI=1S/C22H24N4O5/c1-14(2)31-17-7-4-15(5-8-17)20(27)13-24-18-9-6-16(12-19(18)26(29)30)21(28)22-23-10-11-25(22)3/h4-12,14,20,24,27H,13H2,1-3H3. The van der Waals surface area contributed by atoms with Crippen molar-refractivity contribution < 1.29 is 19.6 Å². The molecule has 0 aliphatic heterocycles. The molecule has 162 valence electrons. The molecular weight excluding hydrogens is 400 g/mol. The summed E-state index contributed by atoms with van der Waals surface area (Å²) in [5, 5.41) is 24.9. The molecule has 9 nitrogen and oxygen atoms in total. The van der Waals surface area contributed by atoms with Gasteiger partial charge < -0.3 is 19.7 Å². The van der Waals surface area contributed by atoms with E-state index in [2.05, 4.69) is 10.3 Å². The van der Waals surface area contributed by atoms with Gasteiger partial charge in [-0.15, -0.1) is 0 Å². The van der Waals surface area contributed by atoms with Gasteiger partial charge in [-0.2, -0.15) is 0 Å². The summed E-state index contributed by atoms with van der Waals surface area (Å²) in [5.74, 6) is 0.476. The third kappa shape index (κ3) is 5.26. The zero-order valence-electron chi connectivity index (χ0n) is 17.5. The molecule has 0 saturated heterocycles. The van der Waals surface area contributed by atoms with Crippen LogP contribution in [0, 0.1) is 10.1 Å². The summed E-state index contributed by atoms with van der Waals surface area (Å²) in [6, 6.07) is 11.2. The van der Waals surface area contributed by atoms with Crippen LogP contribution in [0.2, 0.25) is 0 Å². The lowest BCUT2D eigenvalue weighted by molar-refractivity contribution is -0.384. The Morgan fingerprint density at radius 1 is 1.26 bits per heavy atom. The Bertz CT molecular complexity index is 1080. The lowest BCUT2D eigenvalue weighted by Crippen LogP contribution is -2.14. The van der Waals surface area contributed by atoms with E-state index in [0.29, 0.717) is 11.3 Å². The zero-order valence-corrected chi connectivity index (χ0v) is 17.5. The van der Waals surface area contributed by atoms with Crippen LogP contribution < -0.4 is 10.1 Å². The van der Waals surface area contributed by atoms with Crippen molar-refractivity contribution in [3.8, 4) is 5.75 Å². The van der Waals surface area contributed by atoms with Crippen LogP contribution in [0.5, 0.6) is 5.75 Å². The number of aryl methyl sites for hydroxylation is 1. The number of ether oxygens (including phenoxy) is 1. The van der Waals surface area contributed by atoms with E-state index >= 15 is 0 Å². The van der Waals surface area contributed by atoms with Gasteiger partial charge in [0.2, 0.25) is 5.78 Å². The topological polar surface area (TPSA) is 120 Å². The largest absolute Gasteiger partial charge is 0.491 e. The van der Waals surface area contributed by atoms with Crippen LogP contribution in [0.4, 0.5) is 11.4 Å². The molecule has 3 aromatic rings. The van der Waals surface area contributed by atoms with Crippen molar-refractivity contribution in [3.05, 3.63) is 81.9 Å². The molecule has 1 atom stereocenters. The van der Waals surface area contributed by atoms with Crippen LogP contribution in [0.1, 0.15) is 41.7 Å². The monoisotopic (exact) mass is 424 g/mol. The van der Waals surface area contributed by atoms with Crippen molar-refractivity contribution in [2.24, 2.45) is 7.05 Å². The van der Waals surface area contributed by atoms with E-state index in [9.17, 15) is 20.0 Å². The molecule has 0 fully saturated rings. The smallest absolute Gasteiger partial charge is 0.293 e. The van der Waals surface area contributed by atoms with Crippen LogP contribution in [-0.4, -0.2) is 38.0 Å². The van der Waals surface area contributed by atoms with Crippen LogP contribution in [0.25, 0.3) is 0 Å². The molecule has 1 aromatic heterocycles. The van der Waals surface area contributed by atoms with Crippen molar-refractivity contribution >= 4 is 17.2 Å². The minimum Gasteiger partial charge on any atom is -0.491 e. The number of ketones is 1. The van der Waals surface area contributed by atoms with Gasteiger partial charge in [-0.25, -0.2) is 4.98 Å². The number of imidazole rings is 1. The van der Waals surface area contributed by atoms with Gasteiger partial charge in [0.15, 0.2) is 5.82 Å². The number of rotatable bonds is 9. The second-order valence-corrected chi connectivity index (χ2v) is 7.31. The van der Waals surface area contributed by atoms with Gasteiger partial charge in [0.25, 0.3) is 5.69 Å². The number of nitrogens with zero attached hydrogens (tertiary/aromatic N) is 3. The molecule has 3 rings (SSSR count). The van der Waals surface area contributed by atoms with Gasteiger partial charge in [-0.3, -0.25) is 14.9 Å². The lowest BCUT2D eigenvalue weighted by Gasteiger charge is -2.15. The zero-order chi connectivity index (χ0) is 22.5. The summed E-state index contributed by atoms with van der Waals surface area (Å²) in [7, 11) is 1.67. The summed E-state index contributed by atoms with van der Waals surface area (Å²) >= 11 is 0. The Morgan fingerprint density at radius 2 is 1.97 bits per heavy atom. The molecule has 1 unspecified atom stereocenters. The molecule has 2 N–H and O–H groups in total. The number of aromatic nitrogens is 2. The predicted molar refractivity (Wildman–Crippen MR) is 115 cm³/mol. The molecule has 0 aliphatic rings. The van der Waals surface area contributed by atoms with Crippen LogP contribution in [0.3, 0.4) is 0 Å². The second kappa shape index (κ2) is 9.40. The summed E-state index contributed by atoms with van der Waals surface area (Å²) in [5.41, 5.74) is 0.758. The minimum absolute atomic E-state index is 0.0465. The molecular formula is C22H24N4O5. The van der Waals surface area contributed by atoms with Crippen LogP contribution in [0.15, 0.2) is 54.9 Å². The number of carbonyl (C=O) groups excluding carboxylic acids is 1. The first-order valence-electron chi connectivity index (χ1n) is 9.75. The SMILES string of the molecule is CC(C)Oc1ccc(C(O)CNc2ccc(C(=O)c3nccn3C)cc2[N+](=O)[O-])cc1. The highest BCUT2D eigenvalue weighted by Crippen LogP contribution is 2.28. The van der Waals surface area contributed by atoms with E-state index in [1.165, 1.54) is 24.4 Å². The van der Waals surface area contributed by atoms with E-state index in [1.54, 1.807) is 42.1 Å². The quantitative estimate of drug-likeness (QED) is 0.306. The molecule has 1 heterocycles. The van der Waals surface area contributed by atoms with Gasteiger partial charge in [0, 0.05) is 37.6 Å². The molecule has 0 spiro atoms. The molecule has 0 amide bonds. The van der Waals surface area contributed by atoms with Crippen molar-refractivity contribution in [1.82, 2.24) is 9.55 Å². The molecule has 0 bridgehead atoms. The molecule has 31 heavy (non-hydrogen) atoms. The number of nitrogens with one attached hydrogen (secondary N) is 1. The summed E-state index contributed by atoms with van der Waals surface area (Å²) in [6.07, 6.45) is 2.27. The maximum atomic E-state index is 12.6. The van der Waals surface area contributed by atoms with E-state index in [4.69, 9.17) is 4.74 Å². The molecule has 9 heteroatoms. The number of nitro benzene ring substituents is 1. The lowest BCUT2D eigenvalue weighted by atomic mass is 10.1. The number of aliphatic hydroxyl groups excluding tert-OH is 1. The number of benzene rings is 2. The molecule has 2 aromatic carbocycles. The van der Waals surface area contributed by atoms with E-state index in [1.807, 2.05) is 13.8 Å². The van der Waals surface area contributed by atoms with Crippen molar-refractivity contribution in [1.29, 1.82) is 0 Å². The van der Waals surface area contributed by atoms with Gasteiger partial charge in [-0.05, 0) is 43.7 Å². The first kappa shape index (κ1) is 22.0. The Labute approximate surface area is 179 Å². The highest BCUT2D eigenvalue weighted by Gasteiger charge is 2.21. The highest BCUT2D eigenvalue weighted by molar-refractivity contribution is 6.07. The fourth-order valence-electron chi connectivity index (χ4n) is 3.05. The Hall–Kier alpha value is -3.72. The first-order chi connectivity index (χ1) is 14.8. The van der Waals surface area contributed by atoms with Crippen molar-refractivity contribution in [3.63, 3.8) is 0 Å². The Kier molecular flexibility index (Phi) is 6.66. The Balaban J connectivity index is 1.73. The third-order valence-corrected chi connectivity index (χ3v) is 4.60. The number of hydrogen-bond donors (Lipinski definition) is 2. The molecule has 0 aliphatic carbocycles. The van der Waals surface area contributed by atoms with Gasteiger partial charge >= 0.3 is 0 Å². The minimum atomic E-state index is -0.887. The average molecular weight is 424 g/mol. The summed E-state index contributed by atoms with van der Waals surface area (Å²) in [4.78, 5) is 27.6.